The fraction of sp³-hybridized carbons (Fsp3) is 0.741. The van der Waals surface area contributed by atoms with Crippen molar-refractivity contribution in [1.29, 1.82) is 0 Å². The van der Waals surface area contributed by atoms with Gasteiger partial charge < -0.3 is 54.7 Å². The minimum absolute atomic E-state index is 0.0838. The molecule has 3 rings (SSSR count). The van der Waals surface area contributed by atoms with E-state index in [1.807, 2.05) is 0 Å². The fourth-order valence-electron chi connectivity index (χ4n) is 5.77. The molecule has 0 aromatic rings. The number of carbonyl (C=O) groups is 3. The summed E-state index contributed by atoms with van der Waals surface area (Å²) in [6, 6.07) is 0. The van der Waals surface area contributed by atoms with Gasteiger partial charge in [-0.1, -0.05) is 19.1 Å². The van der Waals surface area contributed by atoms with Gasteiger partial charge in [-0.25, -0.2) is 4.79 Å². The Balaban J connectivity index is 1.67. The fourth-order valence-corrected chi connectivity index (χ4v) is 5.77. The summed E-state index contributed by atoms with van der Waals surface area (Å²) < 4.78 is 22.7. The lowest BCUT2D eigenvalue weighted by Crippen LogP contribution is -2.63. The number of aliphatic carboxylic acids is 2. The van der Waals surface area contributed by atoms with Crippen LogP contribution in [0.25, 0.3) is 0 Å². The summed E-state index contributed by atoms with van der Waals surface area (Å²) >= 11 is 0. The number of aliphatic hydroxyl groups excluding tert-OH is 3. The number of rotatable bonds is 11. The molecule has 3 fully saturated rings. The molecule has 0 amide bonds. The van der Waals surface area contributed by atoms with Crippen LogP contribution >= 0.6 is 0 Å². The zero-order chi connectivity index (χ0) is 31.0. The highest BCUT2D eigenvalue weighted by Crippen LogP contribution is 2.58. The van der Waals surface area contributed by atoms with Gasteiger partial charge in [0.2, 0.25) is 0 Å². The first-order valence-corrected chi connectivity index (χ1v) is 13.2. The highest BCUT2D eigenvalue weighted by atomic mass is 16.7. The summed E-state index contributed by atoms with van der Waals surface area (Å²) in [5, 5.41) is 71.0. The normalized spacial score (nSPS) is 40.8. The number of ether oxygens (including phenoxy) is 4. The van der Waals surface area contributed by atoms with Crippen molar-refractivity contribution < 1.29 is 69.1 Å². The zero-order valence-electron chi connectivity index (χ0n) is 23.4. The summed E-state index contributed by atoms with van der Waals surface area (Å²) in [4.78, 5) is 34.1. The number of esters is 1. The van der Waals surface area contributed by atoms with E-state index < -0.39 is 96.4 Å². The van der Waals surface area contributed by atoms with Gasteiger partial charge in [0, 0.05) is 17.4 Å². The Kier molecular flexibility index (Phi) is 9.72. The van der Waals surface area contributed by atoms with Crippen molar-refractivity contribution in [1.82, 2.24) is 0 Å². The van der Waals surface area contributed by atoms with Gasteiger partial charge >= 0.3 is 17.9 Å². The van der Waals surface area contributed by atoms with Gasteiger partial charge in [-0.05, 0) is 33.3 Å². The van der Waals surface area contributed by atoms with Gasteiger partial charge in [-0.15, -0.1) is 0 Å². The van der Waals surface area contributed by atoms with E-state index in [9.17, 15) is 39.9 Å². The van der Waals surface area contributed by atoms with E-state index in [0.29, 0.717) is 0 Å². The Morgan fingerprint density at radius 1 is 1.05 bits per heavy atom. The molecular weight excluding hydrogens is 548 g/mol. The zero-order valence-corrected chi connectivity index (χ0v) is 23.4. The third-order valence-electron chi connectivity index (χ3n) is 8.21. The summed E-state index contributed by atoms with van der Waals surface area (Å²) in [6.07, 6.45) is -5.10. The van der Waals surface area contributed by atoms with Crippen LogP contribution in [0.15, 0.2) is 23.8 Å². The number of carboxylic acids is 2. The number of aliphatic hydroxyl groups is 5. The van der Waals surface area contributed by atoms with Crippen molar-refractivity contribution in [2.45, 2.75) is 107 Å². The molecule has 0 aromatic heterocycles. The number of fused-ring (bicyclic) bond motifs is 2. The number of hydrogen-bond acceptors (Lipinski definition) is 12. The predicted molar refractivity (Wildman–Crippen MR) is 137 cm³/mol. The lowest BCUT2D eigenvalue weighted by atomic mass is 9.59. The molecule has 0 aromatic carbocycles. The van der Waals surface area contributed by atoms with Crippen molar-refractivity contribution in [2.24, 2.45) is 5.41 Å². The van der Waals surface area contributed by atoms with E-state index in [1.165, 1.54) is 25.2 Å². The molecule has 2 saturated heterocycles. The molecule has 0 spiro atoms. The molecule has 7 N–H and O–H groups in total. The van der Waals surface area contributed by atoms with E-state index in [4.69, 9.17) is 29.2 Å². The summed E-state index contributed by atoms with van der Waals surface area (Å²) in [5.41, 5.74) is -5.32. The van der Waals surface area contributed by atoms with Gasteiger partial charge in [0.15, 0.2) is 6.29 Å². The van der Waals surface area contributed by atoms with Crippen molar-refractivity contribution in [3.63, 3.8) is 0 Å². The predicted octanol–water partition coefficient (Wildman–Crippen LogP) is -0.755. The third kappa shape index (κ3) is 6.97. The molecule has 2 bridgehead atoms. The van der Waals surface area contributed by atoms with Crippen LogP contribution in [0.5, 0.6) is 0 Å². The van der Waals surface area contributed by atoms with Crippen LogP contribution in [-0.2, 0) is 33.3 Å². The molecule has 1 aliphatic carbocycles. The largest absolute Gasteiger partial charge is 0.481 e. The molecule has 14 heteroatoms. The first-order valence-electron chi connectivity index (χ1n) is 13.2. The van der Waals surface area contributed by atoms with Crippen LogP contribution in [0, 0.1) is 5.41 Å². The molecule has 10 unspecified atom stereocenters. The molecule has 2 heterocycles. The van der Waals surface area contributed by atoms with Crippen LogP contribution < -0.4 is 0 Å². The summed E-state index contributed by atoms with van der Waals surface area (Å²) in [7, 11) is 0. The second kappa shape index (κ2) is 12.1. The highest BCUT2D eigenvalue weighted by Gasteiger charge is 2.67. The van der Waals surface area contributed by atoms with Gasteiger partial charge in [-0.3, -0.25) is 9.59 Å². The highest BCUT2D eigenvalue weighted by molar-refractivity contribution is 5.86. The minimum atomic E-state index is -1.87. The van der Waals surface area contributed by atoms with Gasteiger partial charge in [0.1, 0.15) is 42.2 Å². The van der Waals surface area contributed by atoms with E-state index >= 15 is 0 Å². The molecule has 3 aliphatic rings. The lowest BCUT2D eigenvalue weighted by Gasteiger charge is -2.51. The molecule has 232 valence electrons. The maximum Gasteiger partial charge on any atom is 0.331 e. The topological polar surface area (TPSA) is 230 Å². The second-order valence-electron chi connectivity index (χ2n) is 12.0. The molecule has 2 aliphatic heterocycles. The van der Waals surface area contributed by atoms with Crippen molar-refractivity contribution in [2.75, 3.05) is 13.2 Å². The van der Waals surface area contributed by atoms with Crippen molar-refractivity contribution in [3.05, 3.63) is 23.8 Å². The van der Waals surface area contributed by atoms with E-state index in [0.717, 1.165) is 6.92 Å². The number of allylic oxidation sites excluding steroid dienone is 2. The van der Waals surface area contributed by atoms with Crippen molar-refractivity contribution in [3.8, 4) is 0 Å². The van der Waals surface area contributed by atoms with Gasteiger partial charge in [0.05, 0.1) is 31.2 Å². The van der Waals surface area contributed by atoms with Crippen LogP contribution in [0.3, 0.4) is 0 Å². The maximum atomic E-state index is 12.2. The Morgan fingerprint density at radius 2 is 1.71 bits per heavy atom. The van der Waals surface area contributed by atoms with E-state index in [1.54, 1.807) is 13.8 Å². The molecular formula is C27H40O14. The van der Waals surface area contributed by atoms with Crippen LogP contribution in [0.1, 0.15) is 53.4 Å². The van der Waals surface area contributed by atoms with Crippen molar-refractivity contribution >= 4 is 17.9 Å². The summed E-state index contributed by atoms with van der Waals surface area (Å²) in [6.45, 7) is 5.63. The van der Waals surface area contributed by atoms with Crippen LogP contribution in [0.4, 0.5) is 0 Å². The number of carbonyl (C=O) groups excluding carboxylic acids is 1. The Morgan fingerprint density at radius 3 is 2.29 bits per heavy atom. The van der Waals surface area contributed by atoms with Crippen LogP contribution in [-0.4, -0.2) is 120 Å². The Bertz CT molecular complexity index is 1050. The minimum Gasteiger partial charge on any atom is -0.481 e. The molecule has 14 nitrogen and oxygen atoms in total. The summed E-state index contributed by atoms with van der Waals surface area (Å²) in [5.74, 6) is -3.37. The molecule has 41 heavy (non-hydrogen) atoms. The Hall–Kier alpha value is -2.43. The van der Waals surface area contributed by atoms with Gasteiger partial charge in [-0.2, -0.15) is 0 Å². The van der Waals surface area contributed by atoms with E-state index in [2.05, 4.69) is 0 Å². The average molecular weight is 589 g/mol. The number of carboxylic acid groups (broad SMARTS) is 2. The standard InChI is InChI=1S/C27H40O14/c1-14(22(34)35)6-5-7-27(37)24(2)8-15(9-26(27,4)39-13-24)40-23-21(33)20(32)19(31)16(41-23)12-38-18(30)11-25(3,36)10-17(28)29/h5-7,15-16,19-21,23,31-33,36-37H,8-13H2,1-4H3,(H,28,29)(H,34,35). The van der Waals surface area contributed by atoms with Gasteiger partial charge in [0.25, 0.3) is 0 Å². The smallest absolute Gasteiger partial charge is 0.331 e. The Labute approximate surface area is 236 Å². The SMILES string of the molecule is CC(=CC=CC1(O)C2(C)COC1(C)CC(OC1OC(COC(=O)CC(C)(O)CC(=O)O)C(O)C(O)C1O)C2)C(=O)O. The quantitative estimate of drug-likeness (QED) is 0.0894. The number of hydrogen-bond donors (Lipinski definition) is 7. The average Bonchev–Trinajstić information content (AvgIpc) is 2.94. The van der Waals surface area contributed by atoms with E-state index in [-0.39, 0.29) is 25.0 Å². The lowest BCUT2D eigenvalue weighted by molar-refractivity contribution is -0.320. The molecule has 10 atom stereocenters. The first kappa shape index (κ1) is 33.1. The molecule has 0 radical (unpaired) electrons. The maximum absolute atomic E-state index is 12.2. The van der Waals surface area contributed by atoms with Crippen LogP contribution in [0.2, 0.25) is 0 Å². The second-order valence-corrected chi connectivity index (χ2v) is 12.0. The molecule has 1 saturated carbocycles. The monoisotopic (exact) mass is 588 g/mol. The first-order chi connectivity index (χ1) is 18.8. The third-order valence-corrected chi connectivity index (χ3v) is 8.21.